The lowest BCUT2D eigenvalue weighted by molar-refractivity contribution is -0.147. The van der Waals surface area contributed by atoms with E-state index in [1.807, 2.05) is 0 Å². The summed E-state index contributed by atoms with van der Waals surface area (Å²) in [5.41, 5.74) is 5.58. The number of hydrogen-bond donors (Lipinski definition) is 1. The lowest BCUT2D eigenvalue weighted by Gasteiger charge is -2.27. The largest absolute Gasteiger partial charge is 0.469 e. The minimum Gasteiger partial charge on any atom is -0.469 e. The molecular formula is C10H19NO2. The van der Waals surface area contributed by atoms with Gasteiger partial charge in [0.15, 0.2) is 0 Å². The molecule has 2 N–H and O–H groups in total. The topological polar surface area (TPSA) is 52.3 Å². The first kappa shape index (κ1) is 10.5. The van der Waals surface area contributed by atoms with Gasteiger partial charge in [0.25, 0.3) is 0 Å². The second-order valence-corrected chi connectivity index (χ2v) is 3.76. The van der Waals surface area contributed by atoms with Crippen molar-refractivity contribution >= 4 is 5.97 Å². The Kier molecular flexibility index (Phi) is 4.22. The Bertz CT molecular complexity index is 164. The molecule has 1 aliphatic rings. The molecule has 0 bridgehead atoms. The van der Waals surface area contributed by atoms with E-state index in [1.165, 1.54) is 26.4 Å². The third-order valence-electron chi connectivity index (χ3n) is 2.98. The third kappa shape index (κ3) is 2.69. The van der Waals surface area contributed by atoms with Crippen molar-refractivity contribution in [3.05, 3.63) is 0 Å². The highest BCUT2D eigenvalue weighted by molar-refractivity contribution is 5.72. The quantitative estimate of drug-likeness (QED) is 0.674. The number of methoxy groups -OCH3 is 1. The second kappa shape index (κ2) is 5.22. The smallest absolute Gasteiger partial charge is 0.310 e. The Balaban J connectivity index is 2.48. The maximum absolute atomic E-state index is 11.3. The fourth-order valence-corrected chi connectivity index (χ4v) is 2.17. The molecule has 3 heteroatoms. The average Bonchev–Trinajstić information content (AvgIpc) is 2.20. The predicted molar refractivity (Wildman–Crippen MR) is 51.1 cm³/mol. The monoisotopic (exact) mass is 185 g/mol. The standard InChI is InChI=1S/C10H19NO2/c1-13-10(12)9(7-11)8-5-3-2-4-6-8/h8-9H,2-7,11H2,1H3/t9-/m0/s1. The summed E-state index contributed by atoms with van der Waals surface area (Å²) in [6, 6.07) is 0. The summed E-state index contributed by atoms with van der Waals surface area (Å²) in [7, 11) is 1.44. The Labute approximate surface area is 79.6 Å². The van der Waals surface area contributed by atoms with Gasteiger partial charge in [0.1, 0.15) is 0 Å². The summed E-state index contributed by atoms with van der Waals surface area (Å²) in [6.07, 6.45) is 6.04. The van der Waals surface area contributed by atoms with Crippen LogP contribution in [0.5, 0.6) is 0 Å². The van der Waals surface area contributed by atoms with E-state index in [0.717, 1.165) is 12.8 Å². The first-order valence-corrected chi connectivity index (χ1v) is 5.07. The molecule has 0 aromatic carbocycles. The maximum atomic E-state index is 11.3. The number of esters is 1. The van der Waals surface area contributed by atoms with Crippen LogP contribution in [0.15, 0.2) is 0 Å². The molecule has 0 heterocycles. The van der Waals surface area contributed by atoms with Crippen molar-refractivity contribution in [1.29, 1.82) is 0 Å². The van der Waals surface area contributed by atoms with Crippen LogP contribution in [0.3, 0.4) is 0 Å². The molecule has 0 aromatic rings. The highest BCUT2D eigenvalue weighted by Crippen LogP contribution is 2.30. The molecule has 1 fully saturated rings. The minimum absolute atomic E-state index is 0.0645. The second-order valence-electron chi connectivity index (χ2n) is 3.76. The molecule has 0 radical (unpaired) electrons. The summed E-state index contributed by atoms with van der Waals surface area (Å²) in [6.45, 7) is 0.428. The van der Waals surface area contributed by atoms with E-state index in [-0.39, 0.29) is 11.9 Å². The SMILES string of the molecule is COC(=O)[C@@H](CN)C1CCCCC1. The van der Waals surface area contributed by atoms with Crippen LogP contribution in [0.2, 0.25) is 0 Å². The van der Waals surface area contributed by atoms with Crippen LogP contribution in [0.4, 0.5) is 0 Å². The van der Waals surface area contributed by atoms with Crippen molar-refractivity contribution in [2.24, 2.45) is 17.6 Å². The number of carbonyl (C=O) groups excluding carboxylic acids is 1. The maximum Gasteiger partial charge on any atom is 0.310 e. The van der Waals surface area contributed by atoms with E-state index in [0.29, 0.717) is 12.5 Å². The van der Waals surface area contributed by atoms with Crippen molar-refractivity contribution in [1.82, 2.24) is 0 Å². The number of carbonyl (C=O) groups is 1. The third-order valence-corrected chi connectivity index (χ3v) is 2.98. The van der Waals surface area contributed by atoms with Crippen molar-refractivity contribution in [2.75, 3.05) is 13.7 Å². The zero-order chi connectivity index (χ0) is 9.68. The van der Waals surface area contributed by atoms with E-state index >= 15 is 0 Å². The molecule has 0 aromatic heterocycles. The van der Waals surface area contributed by atoms with Crippen molar-refractivity contribution in [3.63, 3.8) is 0 Å². The summed E-state index contributed by atoms with van der Waals surface area (Å²) >= 11 is 0. The molecule has 0 unspecified atom stereocenters. The van der Waals surface area contributed by atoms with Crippen LogP contribution >= 0.6 is 0 Å². The predicted octanol–water partition coefficient (Wildman–Crippen LogP) is 1.31. The van der Waals surface area contributed by atoms with Gasteiger partial charge < -0.3 is 10.5 Å². The molecular weight excluding hydrogens is 166 g/mol. The zero-order valence-electron chi connectivity index (χ0n) is 8.29. The average molecular weight is 185 g/mol. The molecule has 0 saturated heterocycles. The van der Waals surface area contributed by atoms with Gasteiger partial charge in [-0.2, -0.15) is 0 Å². The summed E-state index contributed by atoms with van der Waals surface area (Å²) in [4.78, 5) is 11.3. The Morgan fingerprint density at radius 1 is 1.46 bits per heavy atom. The van der Waals surface area contributed by atoms with Crippen LogP contribution in [-0.4, -0.2) is 19.6 Å². The van der Waals surface area contributed by atoms with Gasteiger partial charge in [-0.15, -0.1) is 0 Å². The van der Waals surface area contributed by atoms with Crippen LogP contribution in [-0.2, 0) is 9.53 Å². The summed E-state index contributed by atoms with van der Waals surface area (Å²) in [5.74, 6) is 0.269. The van der Waals surface area contributed by atoms with Gasteiger partial charge in [-0.3, -0.25) is 4.79 Å². The molecule has 0 spiro atoms. The molecule has 13 heavy (non-hydrogen) atoms. The van der Waals surface area contributed by atoms with E-state index in [1.54, 1.807) is 0 Å². The van der Waals surface area contributed by atoms with Gasteiger partial charge in [-0.25, -0.2) is 0 Å². The van der Waals surface area contributed by atoms with Gasteiger partial charge in [0.05, 0.1) is 13.0 Å². The van der Waals surface area contributed by atoms with Crippen molar-refractivity contribution in [2.45, 2.75) is 32.1 Å². The lowest BCUT2D eigenvalue weighted by Crippen LogP contribution is -2.33. The highest BCUT2D eigenvalue weighted by atomic mass is 16.5. The van der Waals surface area contributed by atoms with Gasteiger partial charge in [-0.1, -0.05) is 19.3 Å². The molecule has 1 rings (SSSR count). The first-order valence-electron chi connectivity index (χ1n) is 5.07. The van der Waals surface area contributed by atoms with Crippen LogP contribution in [0.1, 0.15) is 32.1 Å². The van der Waals surface area contributed by atoms with E-state index in [9.17, 15) is 4.79 Å². The molecule has 0 aliphatic heterocycles. The van der Waals surface area contributed by atoms with Gasteiger partial charge in [0.2, 0.25) is 0 Å². The van der Waals surface area contributed by atoms with E-state index in [4.69, 9.17) is 10.5 Å². The summed E-state index contributed by atoms with van der Waals surface area (Å²) < 4.78 is 4.74. The molecule has 3 nitrogen and oxygen atoms in total. The van der Waals surface area contributed by atoms with E-state index < -0.39 is 0 Å². The van der Waals surface area contributed by atoms with Crippen LogP contribution < -0.4 is 5.73 Å². The molecule has 0 amide bonds. The Morgan fingerprint density at radius 3 is 2.54 bits per heavy atom. The zero-order valence-corrected chi connectivity index (χ0v) is 8.29. The fraction of sp³-hybridized carbons (Fsp3) is 0.900. The van der Waals surface area contributed by atoms with Gasteiger partial charge in [-0.05, 0) is 18.8 Å². The molecule has 1 saturated carbocycles. The van der Waals surface area contributed by atoms with E-state index in [2.05, 4.69) is 0 Å². The van der Waals surface area contributed by atoms with Gasteiger partial charge >= 0.3 is 5.97 Å². The number of nitrogens with two attached hydrogens (primary N) is 1. The Hall–Kier alpha value is -0.570. The number of rotatable bonds is 3. The first-order chi connectivity index (χ1) is 6.29. The van der Waals surface area contributed by atoms with Gasteiger partial charge in [0, 0.05) is 6.54 Å². The highest BCUT2D eigenvalue weighted by Gasteiger charge is 2.28. The van der Waals surface area contributed by atoms with Crippen molar-refractivity contribution in [3.8, 4) is 0 Å². The number of hydrogen-bond acceptors (Lipinski definition) is 3. The number of ether oxygens (including phenoxy) is 1. The Morgan fingerprint density at radius 2 is 2.08 bits per heavy atom. The van der Waals surface area contributed by atoms with Crippen molar-refractivity contribution < 1.29 is 9.53 Å². The molecule has 76 valence electrons. The normalized spacial score (nSPS) is 21.1. The lowest BCUT2D eigenvalue weighted by atomic mass is 9.80. The minimum atomic E-state index is -0.130. The molecule has 1 atom stereocenters. The fourth-order valence-electron chi connectivity index (χ4n) is 2.17. The van der Waals surface area contributed by atoms with Crippen LogP contribution in [0, 0.1) is 11.8 Å². The summed E-state index contributed by atoms with van der Waals surface area (Å²) in [5, 5.41) is 0. The van der Waals surface area contributed by atoms with Crippen LogP contribution in [0.25, 0.3) is 0 Å². The molecule has 1 aliphatic carbocycles.